The Bertz CT molecular complexity index is 455. The maximum absolute atomic E-state index is 11.9. The van der Waals surface area contributed by atoms with Gasteiger partial charge in [0.15, 0.2) is 6.10 Å². The highest BCUT2D eigenvalue weighted by Crippen LogP contribution is 2.26. The van der Waals surface area contributed by atoms with Crippen LogP contribution < -0.4 is 15.8 Å². The summed E-state index contributed by atoms with van der Waals surface area (Å²) in [5.41, 5.74) is 6.38. The summed E-state index contributed by atoms with van der Waals surface area (Å²) in [7, 11) is 0. The number of halogens is 1. The van der Waals surface area contributed by atoms with Crippen LogP contribution in [0.4, 0.5) is 0 Å². The molecule has 1 aromatic rings. The molecular formula is C14H21ClN2O2. The van der Waals surface area contributed by atoms with Gasteiger partial charge in [0, 0.05) is 12.1 Å². The molecule has 1 aromatic carbocycles. The monoisotopic (exact) mass is 284 g/mol. The van der Waals surface area contributed by atoms with Gasteiger partial charge < -0.3 is 15.8 Å². The number of rotatable bonds is 5. The van der Waals surface area contributed by atoms with Crippen molar-refractivity contribution in [3.05, 3.63) is 28.8 Å². The van der Waals surface area contributed by atoms with Crippen molar-refractivity contribution in [2.24, 2.45) is 5.73 Å². The molecule has 0 aromatic heterocycles. The standard InChI is InChI=1S/C14H21ClN2O2/c1-9-5-6-11(15)12(7-9)19-10(2)13(18)17-8-14(3,4)16/h5-7,10H,8,16H2,1-4H3,(H,17,18). The van der Waals surface area contributed by atoms with Crippen molar-refractivity contribution in [2.45, 2.75) is 39.3 Å². The molecule has 3 N–H and O–H groups in total. The first-order valence-electron chi connectivity index (χ1n) is 6.18. The zero-order valence-corrected chi connectivity index (χ0v) is 12.5. The van der Waals surface area contributed by atoms with Crippen LogP contribution in [0.5, 0.6) is 5.75 Å². The quantitative estimate of drug-likeness (QED) is 0.872. The predicted molar refractivity (Wildman–Crippen MR) is 77.6 cm³/mol. The van der Waals surface area contributed by atoms with E-state index in [0.717, 1.165) is 5.56 Å². The van der Waals surface area contributed by atoms with Gasteiger partial charge in [-0.15, -0.1) is 0 Å². The van der Waals surface area contributed by atoms with E-state index in [1.165, 1.54) is 0 Å². The van der Waals surface area contributed by atoms with Crippen LogP contribution in [0.3, 0.4) is 0 Å². The molecule has 1 atom stereocenters. The van der Waals surface area contributed by atoms with Gasteiger partial charge in [-0.1, -0.05) is 17.7 Å². The van der Waals surface area contributed by atoms with Crippen LogP contribution in [-0.2, 0) is 4.79 Å². The van der Waals surface area contributed by atoms with Gasteiger partial charge in [-0.25, -0.2) is 0 Å². The smallest absolute Gasteiger partial charge is 0.260 e. The lowest BCUT2D eigenvalue weighted by Crippen LogP contribution is -2.48. The van der Waals surface area contributed by atoms with Crippen molar-refractivity contribution >= 4 is 17.5 Å². The fourth-order valence-corrected chi connectivity index (χ4v) is 1.57. The van der Waals surface area contributed by atoms with Crippen LogP contribution in [0.15, 0.2) is 18.2 Å². The SMILES string of the molecule is Cc1ccc(Cl)c(OC(C)C(=O)NCC(C)(C)N)c1. The summed E-state index contributed by atoms with van der Waals surface area (Å²) >= 11 is 6.02. The van der Waals surface area contributed by atoms with E-state index >= 15 is 0 Å². The molecule has 0 bridgehead atoms. The largest absolute Gasteiger partial charge is 0.479 e. The Hall–Kier alpha value is -1.26. The average molecular weight is 285 g/mol. The molecule has 0 fully saturated rings. The Balaban J connectivity index is 2.61. The molecule has 0 aliphatic heterocycles. The van der Waals surface area contributed by atoms with Crippen molar-refractivity contribution < 1.29 is 9.53 Å². The maximum Gasteiger partial charge on any atom is 0.260 e. The Morgan fingerprint density at radius 3 is 2.74 bits per heavy atom. The second kappa shape index (κ2) is 6.26. The second-order valence-corrected chi connectivity index (χ2v) is 5.81. The van der Waals surface area contributed by atoms with Crippen molar-refractivity contribution in [3.8, 4) is 5.75 Å². The first-order valence-corrected chi connectivity index (χ1v) is 6.56. The zero-order valence-electron chi connectivity index (χ0n) is 11.8. The number of amides is 1. The van der Waals surface area contributed by atoms with E-state index in [1.807, 2.05) is 26.8 Å². The first-order chi connectivity index (χ1) is 8.69. The predicted octanol–water partition coefficient (Wildman–Crippen LogP) is 2.27. The minimum atomic E-state index is -0.623. The van der Waals surface area contributed by atoms with Crippen molar-refractivity contribution in [2.75, 3.05) is 6.54 Å². The van der Waals surface area contributed by atoms with Crippen LogP contribution in [0.1, 0.15) is 26.3 Å². The third-order valence-corrected chi connectivity index (χ3v) is 2.79. The lowest BCUT2D eigenvalue weighted by molar-refractivity contribution is -0.127. The molecule has 4 nitrogen and oxygen atoms in total. The number of nitrogens with one attached hydrogen (secondary N) is 1. The number of hydrogen-bond acceptors (Lipinski definition) is 3. The Labute approximate surface area is 119 Å². The molecule has 1 unspecified atom stereocenters. The van der Waals surface area contributed by atoms with Crippen LogP contribution in [0.25, 0.3) is 0 Å². The lowest BCUT2D eigenvalue weighted by atomic mass is 10.1. The van der Waals surface area contributed by atoms with Gasteiger partial charge in [0.2, 0.25) is 0 Å². The van der Waals surface area contributed by atoms with Gasteiger partial charge >= 0.3 is 0 Å². The molecule has 0 saturated heterocycles. The molecule has 1 amide bonds. The maximum atomic E-state index is 11.9. The van der Waals surface area contributed by atoms with Gasteiger partial charge in [0.1, 0.15) is 5.75 Å². The molecule has 19 heavy (non-hydrogen) atoms. The molecule has 0 spiro atoms. The minimum Gasteiger partial charge on any atom is -0.479 e. The highest BCUT2D eigenvalue weighted by Gasteiger charge is 2.19. The summed E-state index contributed by atoms with van der Waals surface area (Å²) in [6.07, 6.45) is -0.623. The highest BCUT2D eigenvalue weighted by atomic mass is 35.5. The third kappa shape index (κ3) is 5.49. The molecule has 5 heteroatoms. The van der Waals surface area contributed by atoms with Gasteiger partial charge in [0.05, 0.1) is 5.02 Å². The Morgan fingerprint density at radius 1 is 1.53 bits per heavy atom. The number of ether oxygens (including phenoxy) is 1. The number of aryl methyl sites for hydroxylation is 1. The fourth-order valence-electron chi connectivity index (χ4n) is 1.40. The third-order valence-electron chi connectivity index (χ3n) is 2.48. The number of carbonyl (C=O) groups is 1. The van der Waals surface area contributed by atoms with Crippen LogP contribution in [0, 0.1) is 6.92 Å². The zero-order chi connectivity index (χ0) is 14.6. The van der Waals surface area contributed by atoms with Gasteiger partial charge in [-0.05, 0) is 45.4 Å². The average Bonchev–Trinajstić information content (AvgIpc) is 2.29. The van der Waals surface area contributed by atoms with E-state index < -0.39 is 11.6 Å². The second-order valence-electron chi connectivity index (χ2n) is 5.40. The molecular weight excluding hydrogens is 264 g/mol. The first kappa shape index (κ1) is 15.8. The van der Waals surface area contributed by atoms with E-state index in [0.29, 0.717) is 17.3 Å². The van der Waals surface area contributed by atoms with E-state index in [1.54, 1.807) is 19.1 Å². The van der Waals surface area contributed by atoms with Crippen molar-refractivity contribution in [1.82, 2.24) is 5.32 Å². The Kier molecular flexibility index (Phi) is 5.20. The van der Waals surface area contributed by atoms with E-state index in [2.05, 4.69) is 5.32 Å². The van der Waals surface area contributed by atoms with Gasteiger partial charge in [-0.3, -0.25) is 4.79 Å². The summed E-state index contributed by atoms with van der Waals surface area (Å²) in [6.45, 7) is 7.69. The summed E-state index contributed by atoms with van der Waals surface area (Å²) in [5, 5.41) is 3.23. The summed E-state index contributed by atoms with van der Waals surface area (Å²) in [4.78, 5) is 11.9. The molecule has 0 aliphatic rings. The van der Waals surface area contributed by atoms with Crippen LogP contribution in [0.2, 0.25) is 5.02 Å². The molecule has 0 radical (unpaired) electrons. The van der Waals surface area contributed by atoms with Crippen molar-refractivity contribution in [1.29, 1.82) is 0 Å². The van der Waals surface area contributed by atoms with Gasteiger partial charge in [-0.2, -0.15) is 0 Å². The summed E-state index contributed by atoms with van der Waals surface area (Å²) in [5.74, 6) is 0.299. The minimum absolute atomic E-state index is 0.212. The van der Waals surface area contributed by atoms with E-state index in [-0.39, 0.29) is 5.91 Å². The van der Waals surface area contributed by atoms with Crippen LogP contribution >= 0.6 is 11.6 Å². The fraction of sp³-hybridized carbons (Fsp3) is 0.500. The topological polar surface area (TPSA) is 64.3 Å². The number of nitrogens with two attached hydrogens (primary N) is 1. The van der Waals surface area contributed by atoms with Crippen LogP contribution in [-0.4, -0.2) is 24.1 Å². The summed E-state index contributed by atoms with van der Waals surface area (Å²) < 4.78 is 5.57. The van der Waals surface area contributed by atoms with Crippen molar-refractivity contribution in [3.63, 3.8) is 0 Å². The number of carbonyl (C=O) groups excluding carboxylic acids is 1. The Morgan fingerprint density at radius 2 is 2.16 bits per heavy atom. The van der Waals surface area contributed by atoms with E-state index in [4.69, 9.17) is 22.1 Å². The number of hydrogen-bond donors (Lipinski definition) is 2. The molecule has 0 heterocycles. The van der Waals surface area contributed by atoms with E-state index in [9.17, 15) is 4.79 Å². The molecule has 1 rings (SSSR count). The molecule has 0 saturated carbocycles. The molecule has 0 aliphatic carbocycles. The molecule has 106 valence electrons. The lowest BCUT2D eigenvalue weighted by Gasteiger charge is -2.21. The number of benzene rings is 1. The normalized spacial score (nSPS) is 12.9. The van der Waals surface area contributed by atoms with Gasteiger partial charge in [0.25, 0.3) is 5.91 Å². The summed E-state index contributed by atoms with van der Waals surface area (Å²) in [6, 6.07) is 5.44. The highest BCUT2D eigenvalue weighted by molar-refractivity contribution is 6.32.